The summed E-state index contributed by atoms with van der Waals surface area (Å²) in [6.07, 6.45) is -0.493. The highest BCUT2D eigenvalue weighted by Gasteiger charge is 2.41. The smallest absolute Gasteiger partial charge is 0.341 e. The maximum Gasteiger partial charge on any atom is 0.341 e. The predicted molar refractivity (Wildman–Crippen MR) is 89.8 cm³/mol. The molecule has 0 bridgehead atoms. The molecule has 5 nitrogen and oxygen atoms in total. The number of benzene rings is 2. The summed E-state index contributed by atoms with van der Waals surface area (Å²) in [5.41, 5.74) is 0.835. The normalized spacial score (nSPS) is 23.3. The number of para-hydroxylation sites is 1. The van der Waals surface area contributed by atoms with Gasteiger partial charge in [-0.3, -0.25) is 9.11 Å². The molecule has 0 unspecified atom stereocenters. The maximum absolute atomic E-state index is 10.7. The summed E-state index contributed by atoms with van der Waals surface area (Å²) in [4.78, 5) is 0.390. The van der Waals surface area contributed by atoms with Crippen molar-refractivity contribution in [3.05, 3.63) is 48.0 Å². The van der Waals surface area contributed by atoms with Crippen molar-refractivity contribution in [1.29, 1.82) is 0 Å². The molecule has 0 aliphatic carbocycles. The molecule has 2 atom stereocenters. The quantitative estimate of drug-likeness (QED) is 0.825. The van der Waals surface area contributed by atoms with Gasteiger partial charge in [-0.2, -0.15) is 10.6 Å². The molecule has 2 aromatic rings. The summed E-state index contributed by atoms with van der Waals surface area (Å²) in [5.74, 6) is 1.52. The molecule has 0 aromatic heterocycles. The van der Waals surface area contributed by atoms with E-state index in [1.807, 2.05) is 12.1 Å². The lowest BCUT2D eigenvalue weighted by Gasteiger charge is -2.47. The number of hydrogen-bond donors (Lipinski definition) is 2. The molecule has 3 radical (unpaired) electrons. The summed E-state index contributed by atoms with van der Waals surface area (Å²) in [5, 5.41) is -0.489. The second-order valence-electron chi connectivity index (χ2n) is 5.30. The first-order valence-corrected chi connectivity index (χ1v) is 9.05. The molecule has 0 amide bonds. The second-order valence-corrected chi connectivity index (χ2v) is 7.87. The third-order valence-corrected chi connectivity index (χ3v) is 6.49. The molecule has 1 aliphatic heterocycles. The Balaban J connectivity index is 2.06. The fourth-order valence-electron chi connectivity index (χ4n) is 2.67. The SMILES string of the molecule is COc1cccc2c1O[C@@H](c1ccc(O[Si])cc1)[C@H](C)S2(O)O. The maximum atomic E-state index is 10.7. The van der Waals surface area contributed by atoms with Crippen molar-refractivity contribution in [2.24, 2.45) is 0 Å². The Bertz CT molecular complexity index is 704. The minimum Gasteiger partial charge on any atom is -0.540 e. The van der Waals surface area contributed by atoms with Gasteiger partial charge in [-0.1, -0.05) is 18.2 Å². The van der Waals surface area contributed by atoms with E-state index in [0.717, 1.165) is 5.56 Å². The summed E-state index contributed by atoms with van der Waals surface area (Å²) >= 11 is 0. The van der Waals surface area contributed by atoms with E-state index >= 15 is 0 Å². The van der Waals surface area contributed by atoms with Gasteiger partial charge in [-0.15, -0.1) is 0 Å². The standard InChI is InChI=1S/C16H17O5SSi/c1-10-15(11-6-8-12(21-23)9-7-11)20-16-13(19-2)4-3-5-14(16)22(10,17)18/h3-10,15,17-18H,1-2H3/t10-,15+/m0/s1. The summed E-state index contributed by atoms with van der Waals surface area (Å²) in [6.45, 7) is 1.77. The van der Waals surface area contributed by atoms with Gasteiger partial charge in [-0.05, 0) is 36.8 Å². The zero-order chi connectivity index (χ0) is 16.6. The third kappa shape index (κ3) is 2.70. The van der Waals surface area contributed by atoms with Crippen LogP contribution in [0.4, 0.5) is 0 Å². The minimum absolute atomic E-state index is 0.388. The van der Waals surface area contributed by atoms with Crippen LogP contribution >= 0.6 is 10.6 Å². The van der Waals surface area contributed by atoms with Crippen LogP contribution in [0.15, 0.2) is 47.4 Å². The van der Waals surface area contributed by atoms with Crippen molar-refractivity contribution in [3.63, 3.8) is 0 Å². The molecule has 23 heavy (non-hydrogen) atoms. The van der Waals surface area contributed by atoms with E-state index in [1.54, 1.807) is 37.3 Å². The van der Waals surface area contributed by atoms with Gasteiger partial charge in [-0.25, -0.2) is 0 Å². The lowest BCUT2D eigenvalue weighted by Crippen LogP contribution is -2.31. The Kier molecular flexibility index (Phi) is 4.28. The van der Waals surface area contributed by atoms with Gasteiger partial charge in [0.05, 0.1) is 12.4 Å². The molecule has 1 aliphatic rings. The van der Waals surface area contributed by atoms with Crippen molar-refractivity contribution >= 4 is 21.1 Å². The first-order valence-electron chi connectivity index (χ1n) is 7.03. The molecule has 7 heteroatoms. The lowest BCUT2D eigenvalue weighted by atomic mass is 10.1. The van der Waals surface area contributed by atoms with E-state index in [9.17, 15) is 9.11 Å². The summed E-state index contributed by atoms with van der Waals surface area (Å²) in [7, 11) is 1.49. The number of methoxy groups -OCH3 is 1. The zero-order valence-electron chi connectivity index (χ0n) is 12.7. The largest absolute Gasteiger partial charge is 0.540 e. The highest BCUT2D eigenvalue weighted by atomic mass is 32.3. The van der Waals surface area contributed by atoms with Crippen molar-refractivity contribution in [2.45, 2.75) is 23.2 Å². The van der Waals surface area contributed by atoms with E-state index in [2.05, 4.69) is 10.5 Å². The molecule has 0 saturated carbocycles. The van der Waals surface area contributed by atoms with Crippen molar-refractivity contribution < 1.29 is 23.0 Å². The highest BCUT2D eigenvalue weighted by Crippen LogP contribution is 2.64. The Hall–Kier alpha value is -1.67. The third-order valence-electron chi connectivity index (χ3n) is 4.00. The number of rotatable bonds is 3. The average Bonchev–Trinajstić information content (AvgIpc) is 2.58. The summed E-state index contributed by atoms with van der Waals surface area (Å²) in [6, 6.07) is 12.4. The molecule has 3 rings (SSSR count). The molecular formula is C16H17O5SSi. The van der Waals surface area contributed by atoms with Crippen LogP contribution in [0.5, 0.6) is 17.2 Å². The Morgan fingerprint density at radius 3 is 2.43 bits per heavy atom. The fraction of sp³-hybridized carbons (Fsp3) is 0.250. The van der Waals surface area contributed by atoms with Gasteiger partial charge in [0.2, 0.25) is 0 Å². The number of hydrogen-bond acceptors (Lipinski definition) is 5. The molecule has 1 heterocycles. The van der Waals surface area contributed by atoms with E-state index in [4.69, 9.17) is 13.9 Å². The number of ether oxygens (including phenoxy) is 2. The van der Waals surface area contributed by atoms with E-state index in [1.165, 1.54) is 7.11 Å². The van der Waals surface area contributed by atoms with E-state index in [-0.39, 0.29) is 0 Å². The van der Waals surface area contributed by atoms with Gasteiger partial charge in [0.15, 0.2) is 11.5 Å². The van der Waals surface area contributed by atoms with Crippen LogP contribution in [-0.4, -0.2) is 32.0 Å². The number of fused-ring (bicyclic) bond motifs is 1. The Morgan fingerprint density at radius 2 is 1.83 bits per heavy atom. The fourth-order valence-corrected chi connectivity index (χ4v) is 4.46. The van der Waals surface area contributed by atoms with Crippen molar-refractivity contribution in [2.75, 3.05) is 7.11 Å². The van der Waals surface area contributed by atoms with Crippen molar-refractivity contribution in [3.8, 4) is 17.2 Å². The zero-order valence-corrected chi connectivity index (χ0v) is 14.5. The van der Waals surface area contributed by atoms with Crippen LogP contribution < -0.4 is 13.9 Å². The van der Waals surface area contributed by atoms with Gasteiger partial charge in [0.1, 0.15) is 16.7 Å². The van der Waals surface area contributed by atoms with Gasteiger partial charge >= 0.3 is 10.5 Å². The minimum atomic E-state index is -3.01. The van der Waals surface area contributed by atoms with E-state index in [0.29, 0.717) is 22.1 Å². The first-order chi connectivity index (χ1) is 11.0. The van der Waals surface area contributed by atoms with Crippen LogP contribution in [-0.2, 0) is 0 Å². The molecular weight excluding hydrogens is 332 g/mol. The highest BCUT2D eigenvalue weighted by molar-refractivity contribution is 8.25. The molecule has 121 valence electrons. The Labute approximate surface area is 140 Å². The van der Waals surface area contributed by atoms with Crippen LogP contribution in [0.2, 0.25) is 0 Å². The second kappa shape index (κ2) is 6.08. The molecule has 0 saturated heterocycles. The van der Waals surface area contributed by atoms with Crippen molar-refractivity contribution in [1.82, 2.24) is 0 Å². The topological polar surface area (TPSA) is 68.2 Å². The molecule has 2 aromatic carbocycles. The molecule has 0 spiro atoms. The average molecular weight is 349 g/mol. The summed E-state index contributed by atoms with van der Waals surface area (Å²) < 4.78 is 37.8. The Morgan fingerprint density at radius 1 is 1.13 bits per heavy atom. The van der Waals surface area contributed by atoms with Gasteiger partial charge in [0.25, 0.3) is 0 Å². The lowest BCUT2D eigenvalue weighted by molar-refractivity contribution is 0.173. The van der Waals surface area contributed by atoms with Crippen LogP contribution in [0.25, 0.3) is 0 Å². The van der Waals surface area contributed by atoms with Crippen LogP contribution in [0, 0.1) is 0 Å². The molecule has 2 N–H and O–H groups in total. The van der Waals surface area contributed by atoms with E-state index < -0.39 is 21.9 Å². The predicted octanol–water partition coefficient (Wildman–Crippen LogP) is 3.79. The molecule has 0 fully saturated rings. The van der Waals surface area contributed by atoms with Gasteiger partial charge in [0, 0.05) is 0 Å². The monoisotopic (exact) mass is 349 g/mol. The van der Waals surface area contributed by atoms with Gasteiger partial charge < -0.3 is 13.9 Å². The first kappa shape index (κ1) is 16.2. The van der Waals surface area contributed by atoms with Crippen LogP contribution in [0.1, 0.15) is 18.6 Å². The van der Waals surface area contributed by atoms with Crippen LogP contribution in [0.3, 0.4) is 0 Å².